The molecule has 0 bridgehead atoms. The number of amides is 1. The van der Waals surface area contributed by atoms with Crippen LogP contribution in [0.2, 0.25) is 0 Å². The van der Waals surface area contributed by atoms with Crippen LogP contribution in [0.4, 0.5) is 5.69 Å². The smallest absolute Gasteiger partial charge is 0.312 e. The van der Waals surface area contributed by atoms with E-state index in [0.717, 1.165) is 16.8 Å². The van der Waals surface area contributed by atoms with E-state index in [4.69, 9.17) is 9.47 Å². The molecule has 6 heteroatoms. The molecule has 2 aromatic rings. The first-order valence-electron chi connectivity index (χ1n) is 9.56. The summed E-state index contributed by atoms with van der Waals surface area (Å²) in [6, 6.07) is 12.4. The van der Waals surface area contributed by atoms with Gasteiger partial charge in [-0.2, -0.15) is 0 Å². The fourth-order valence-corrected chi connectivity index (χ4v) is 3.32. The molecular weight excluding hydrogens is 370 g/mol. The van der Waals surface area contributed by atoms with Crippen LogP contribution in [0, 0.1) is 19.8 Å². The van der Waals surface area contributed by atoms with Crippen molar-refractivity contribution in [2.24, 2.45) is 5.92 Å². The van der Waals surface area contributed by atoms with Gasteiger partial charge in [-0.3, -0.25) is 14.4 Å². The highest BCUT2D eigenvalue weighted by molar-refractivity contribution is 6.02. The van der Waals surface area contributed by atoms with Crippen LogP contribution >= 0.6 is 0 Å². The second kappa shape index (κ2) is 8.47. The number of hydrogen-bond acceptors (Lipinski definition) is 5. The Balaban J connectivity index is 1.63. The lowest BCUT2D eigenvalue weighted by molar-refractivity contribution is -0.151. The molecule has 1 aliphatic rings. The molecule has 0 aromatic heterocycles. The maximum absolute atomic E-state index is 12.6. The molecule has 3 rings (SSSR count). The minimum absolute atomic E-state index is 0.0786. The van der Waals surface area contributed by atoms with Crippen molar-refractivity contribution in [2.75, 3.05) is 18.6 Å². The van der Waals surface area contributed by atoms with Gasteiger partial charge in [-0.1, -0.05) is 6.07 Å². The predicted molar refractivity (Wildman–Crippen MR) is 109 cm³/mol. The average molecular weight is 395 g/mol. The monoisotopic (exact) mass is 395 g/mol. The van der Waals surface area contributed by atoms with E-state index in [1.807, 2.05) is 32.0 Å². The number of ketones is 1. The second-order valence-corrected chi connectivity index (χ2v) is 7.35. The molecule has 0 aliphatic carbocycles. The van der Waals surface area contributed by atoms with E-state index in [-0.39, 0.29) is 24.7 Å². The summed E-state index contributed by atoms with van der Waals surface area (Å²) in [7, 11) is 1.55. The Kier molecular flexibility index (Phi) is 6.01. The van der Waals surface area contributed by atoms with Crippen molar-refractivity contribution in [3.63, 3.8) is 0 Å². The van der Waals surface area contributed by atoms with Gasteiger partial charge in [0, 0.05) is 24.2 Å². The van der Waals surface area contributed by atoms with E-state index >= 15 is 0 Å². The molecular formula is C23H25NO5. The number of benzene rings is 2. The van der Waals surface area contributed by atoms with Gasteiger partial charge in [0.1, 0.15) is 5.75 Å². The molecule has 0 N–H and O–H groups in total. The number of carbonyl (C=O) groups is 3. The summed E-state index contributed by atoms with van der Waals surface area (Å²) >= 11 is 0. The quantitative estimate of drug-likeness (QED) is 0.553. The summed E-state index contributed by atoms with van der Waals surface area (Å²) in [4.78, 5) is 39.1. The van der Waals surface area contributed by atoms with Gasteiger partial charge >= 0.3 is 5.97 Å². The van der Waals surface area contributed by atoms with Crippen molar-refractivity contribution in [1.82, 2.24) is 0 Å². The number of esters is 1. The fourth-order valence-electron chi connectivity index (χ4n) is 3.32. The molecule has 1 amide bonds. The third kappa shape index (κ3) is 4.47. The first-order valence-corrected chi connectivity index (χ1v) is 9.56. The number of rotatable bonds is 6. The highest BCUT2D eigenvalue weighted by Gasteiger charge is 2.37. The number of Topliss-reactive ketones (excluding diaryl/α,β-unsaturated/α-hetero) is 1. The number of hydrogen-bond donors (Lipinski definition) is 0. The molecule has 29 heavy (non-hydrogen) atoms. The maximum Gasteiger partial charge on any atom is 0.312 e. The van der Waals surface area contributed by atoms with Gasteiger partial charge in [-0.25, -0.2) is 0 Å². The molecule has 0 unspecified atom stereocenters. The minimum atomic E-state index is -0.929. The van der Waals surface area contributed by atoms with Crippen molar-refractivity contribution in [2.45, 2.75) is 33.3 Å². The molecule has 0 spiro atoms. The lowest BCUT2D eigenvalue weighted by Crippen LogP contribution is -2.30. The van der Waals surface area contributed by atoms with Gasteiger partial charge in [-0.15, -0.1) is 0 Å². The maximum atomic E-state index is 12.6. The number of ether oxygens (including phenoxy) is 2. The molecule has 1 saturated heterocycles. The number of aryl methyl sites for hydroxylation is 2. The number of carbonyl (C=O) groups excluding carboxylic acids is 3. The van der Waals surface area contributed by atoms with E-state index in [1.165, 1.54) is 0 Å². The Morgan fingerprint density at radius 1 is 1.07 bits per heavy atom. The van der Waals surface area contributed by atoms with Crippen molar-refractivity contribution >= 4 is 23.3 Å². The summed E-state index contributed by atoms with van der Waals surface area (Å²) < 4.78 is 10.5. The minimum Gasteiger partial charge on any atom is -0.497 e. The standard InChI is InChI=1S/C23H25NO5/c1-14-5-8-19(11-15(14)2)24-13-18(12-21(24)25)23(27)29-16(3)22(26)17-6-9-20(28-4)10-7-17/h5-11,16,18H,12-13H2,1-4H3/t16-,18+/m0/s1. The zero-order valence-electron chi connectivity index (χ0n) is 17.1. The largest absolute Gasteiger partial charge is 0.497 e. The first kappa shape index (κ1) is 20.6. The molecule has 6 nitrogen and oxygen atoms in total. The van der Waals surface area contributed by atoms with E-state index in [9.17, 15) is 14.4 Å². The molecule has 0 radical (unpaired) electrons. The number of nitrogens with zero attached hydrogens (tertiary/aromatic N) is 1. The van der Waals surface area contributed by atoms with Crippen molar-refractivity contribution in [3.05, 3.63) is 59.2 Å². The van der Waals surface area contributed by atoms with Gasteiger partial charge in [0.2, 0.25) is 11.7 Å². The van der Waals surface area contributed by atoms with Gasteiger partial charge in [-0.05, 0) is 68.3 Å². The molecule has 0 saturated carbocycles. The third-order valence-electron chi connectivity index (χ3n) is 5.30. The second-order valence-electron chi connectivity index (χ2n) is 7.35. The zero-order valence-corrected chi connectivity index (χ0v) is 17.1. The fraction of sp³-hybridized carbons (Fsp3) is 0.348. The Hall–Kier alpha value is -3.15. The average Bonchev–Trinajstić information content (AvgIpc) is 3.11. The summed E-state index contributed by atoms with van der Waals surface area (Å²) in [5.41, 5.74) is 3.43. The molecule has 2 atom stereocenters. The molecule has 1 heterocycles. The van der Waals surface area contributed by atoms with Crippen LogP contribution in [-0.2, 0) is 14.3 Å². The summed E-state index contributed by atoms with van der Waals surface area (Å²) in [6.07, 6.45) is -0.850. The van der Waals surface area contributed by atoms with Crippen molar-refractivity contribution < 1.29 is 23.9 Å². The SMILES string of the molecule is COc1ccc(C(=O)[C@H](C)OC(=O)[C@@H]2CC(=O)N(c3ccc(C)c(C)c3)C2)cc1. The van der Waals surface area contributed by atoms with E-state index < -0.39 is 18.0 Å². The normalized spacial score (nSPS) is 17.2. The van der Waals surface area contributed by atoms with Gasteiger partial charge < -0.3 is 14.4 Å². The number of anilines is 1. The third-order valence-corrected chi connectivity index (χ3v) is 5.30. The van der Waals surface area contributed by atoms with Crippen molar-refractivity contribution in [3.8, 4) is 5.75 Å². The van der Waals surface area contributed by atoms with Crippen molar-refractivity contribution in [1.29, 1.82) is 0 Å². The summed E-state index contributed by atoms with van der Waals surface area (Å²) in [6.45, 7) is 5.79. The van der Waals surface area contributed by atoms with E-state index in [0.29, 0.717) is 11.3 Å². The Morgan fingerprint density at radius 2 is 1.76 bits per heavy atom. The lowest BCUT2D eigenvalue weighted by atomic mass is 10.1. The van der Waals surface area contributed by atoms with Gasteiger partial charge in [0.25, 0.3) is 0 Å². The predicted octanol–water partition coefficient (Wildman–Crippen LogP) is 3.48. The lowest BCUT2D eigenvalue weighted by Gasteiger charge is -2.18. The Morgan fingerprint density at radius 3 is 2.38 bits per heavy atom. The van der Waals surface area contributed by atoms with Crippen LogP contribution < -0.4 is 9.64 Å². The zero-order chi connectivity index (χ0) is 21.1. The summed E-state index contributed by atoms with van der Waals surface area (Å²) in [5.74, 6) is -0.892. The van der Waals surface area contributed by atoms with E-state index in [2.05, 4.69) is 0 Å². The number of methoxy groups -OCH3 is 1. The molecule has 152 valence electrons. The molecule has 2 aromatic carbocycles. The van der Waals surface area contributed by atoms with Gasteiger partial charge in [0.15, 0.2) is 6.10 Å². The van der Waals surface area contributed by atoms with Crippen LogP contribution in [0.1, 0.15) is 34.8 Å². The Labute approximate surface area is 170 Å². The highest BCUT2D eigenvalue weighted by Crippen LogP contribution is 2.28. The van der Waals surface area contributed by atoms with Crippen LogP contribution in [0.15, 0.2) is 42.5 Å². The highest BCUT2D eigenvalue weighted by atomic mass is 16.5. The van der Waals surface area contributed by atoms with E-state index in [1.54, 1.807) is 43.2 Å². The van der Waals surface area contributed by atoms with Crippen LogP contribution in [0.3, 0.4) is 0 Å². The molecule has 1 aliphatic heterocycles. The van der Waals surface area contributed by atoms with Crippen LogP contribution in [0.25, 0.3) is 0 Å². The summed E-state index contributed by atoms with van der Waals surface area (Å²) in [5, 5.41) is 0. The van der Waals surface area contributed by atoms with Crippen LogP contribution in [-0.4, -0.2) is 37.4 Å². The topological polar surface area (TPSA) is 72.9 Å². The van der Waals surface area contributed by atoms with Crippen LogP contribution in [0.5, 0.6) is 5.75 Å². The first-order chi connectivity index (χ1) is 13.8. The van der Waals surface area contributed by atoms with Gasteiger partial charge in [0.05, 0.1) is 13.0 Å². The Bertz CT molecular complexity index is 935. The molecule has 1 fully saturated rings.